The largest absolute Gasteiger partial charge is 0.457 e. The predicted octanol–water partition coefficient (Wildman–Crippen LogP) is 4.38. The second kappa shape index (κ2) is 6.55. The fourth-order valence-corrected chi connectivity index (χ4v) is 1.74. The van der Waals surface area contributed by atoms with Gasteiger partial charge in [-0.15, -0.1) is 0 Å². The first-order chi connectivity index (χ1) is 9.19. The highest BCUT2D eigenvalue weighted by molar-refractivity contribution is 6.30. The summed E-state index contributed by atoms with van der Waals surface area (Å²) in [7, 11) is 0. The van der Waals surface area contributed by atoms with Crippen molar-refractivity contribution in [2.24, 2.45) is 0 Å². The molecule has 0 radical (unpaired) electrons. The Morgan fingerprint density at radius 1 is 1.11 bits per heavy atom. The molecule has 0 fully saturated rings. The first-order valence-corrected chi connectivity index (χ1v) is 6.49. The van der Waals surface area contributed by atoms with Crippen LogP contribution in [0, 0.1) is 5.82 Å². The molecule has 0 spiro atoms. The van der Waals surface area contributed by atoms with Crippen molar-refractivity contribution < 1.29 is 9.13 Å². The summed E-state index contributed by atoms with van der Waals surface area (Å²) in [6, 6.07) is 12.1. The van der Waals surface area contributed by atoms with Crippen molar-refractivity contribution in [2.45, 2.75) is 13.5 Å². The van der Waals surface area contributed by atoms with Crippen LogP contribution < -0.4 is 10.1 Å². The van der Waals surface area contributed by atoms with E-state index in [0.29, 0.717) is 11.5 Å². The molecule has 0 unspecified atom stereocenters. The number of halogens is 2. The summed E-state index contributed by atoms with van der Waals surface area (Å²) in [6.45, 7) is 3.82. The Morgan fingerprint density at radius 3 is 2.42 bits per heavy atom. The monoisotopic (exact) mass is 279 g/mol. The Morgan fingerprint density at radius 2 is 1.79 bits per heavy atom. The van der Waals surface area contributed by atoms with Crippen molar-refractivity contribution in [1.82, 2.24) is 5.32 Å². The van der Waals surface area contributed by atoms with Crippen LogP contribution in [-0.2, 0) is 6.54 Å². The third-order valence-corrected chi connectivity index (χ3v) is 2.94. The van der Waals surface area contributed by atoms with Gasteiger partial charge in [-0.3, -0.25) is 0 Å². The minimum absolute atomic E-state index is 0.0911. The van der Waals surface area contributed by atoms with Crippen molar-refractivity contribution in [3.8, 4) is 11.5 Å². The molecule has 0 aromatic heterocycles. The summed E-state index contributed by atoms with van der Waals surface area (Å²) in [4.78, 5) is 0. The zero-order chi connectivity index (χ0) is 13.7. The predicted molar refractivity (Wildman–Crippen MR) is 75.3 cm³/mol. The van der Waals surface area contributed by atoms with Crippen LogP contribution in [-0.4, -0.2) is 6.54 Å². The fourth-order valence-electron chi connectivity index (χ4n) is 1.62. The van der Waals surface area contributed by atoms with Crippen molar-refractivity contribution >= 4 is 11.6 Å². The van der Waals surface area contributed by atoms with Gasteiger partial charge < -0.3 is 10.1 Å². The Balaban J connectivity index is 2.04. The van der Waals surface area contributed by atoms with Crippen molar-refractivity contribution in [3.63, 3.8) is 0 Å². The van der Waals surface area contributed by atoms with Crippen molar-refractivity contribution in [1.29, 1.82) is 0 Å². The highest BCUT2D eigenvalue weighted by atomic mass is 35.5. The van der Waals surface area contributed by atoms with Gasteiger partial charge in [0.2, 0.25) is 0 Å². The van der Waals surface area contributed by atoms with Gasteiger partial charge in [0.05, 0.1) is 5.02 Å². The van der Waals surface area contributed by atoms with Gasteiger partial charge in [0.1, 0.15) is 17.3 Å². The van der Waals surface area contributed by atoms with E-state index >= 15 is 0 Å². The molecule has 0 saturated heterocycles. The summed E-state index contributed by atoms with van der Waals surface area (Å²) in [5.74, 6) is 0.617. The zero-order valence-electron chi connectivity index (χ0n) is 10.6. The van der Waals surface area contributed by atoms with Crippen molar-refractivity contribution in [3.05, 3.63) is 58.9 Å². The summed E-state index contributed by atoms with van der Waals surface area (Å²) < 4.78 is 18.8. The average molecular weight is 280 g/mol. The highest BCUT2D eigenvalue weighted by Gasteiger charge is 2.03. The molecule has 0 aliphatic carbocycles. The SMILES string of the molecule is CCNCc1ccc(Oc2ccc(Cl)c(F)c2)cc1. The molecule has 2 aromatic carbocycles. The van der Waals surface area contributed by atoms with Crippen LogP contribution in [0.2, 0.25) is 5.02 Å². The van der Waals surface area contributed by atoms with Crippen LogP contribution in [0.15, 0.2) is 42.5 Å². The van der Waals surface area contributed by atoms with E-state index in [1.165, 1.54) is 17.7 Å². The second-order valence-corrected chi connectivity index (χ2v) is 4.51. The molecule has 0 saturated carbocycles. The van der Waals surface area contributed by atoms with Gasteiger partial charge in [0, 0.05) is 12.6 Å². The normalized spacial score (nSPS) is 10.5. The van der Waals surface area contributed by atoms with Gasteiger partial charge in [-0.25, -0.2) is 4.39 Å². The number of hydrogen-bond donors (Lipinski definition) is 1. The molecular formula is C15H15ClFNO. The number of benzene rings is 2. The lowest BCUT2D eigenvalue weighted by Gasteiger charge is -2.07. The van der Waals surface area contributed by atoms with Gasteiger partial charge in [0.25, 0.3) is 0 Å². The molecule has 2 nitrogen and oxygen atoms in total. The summed E-state index contributed by atoms with van der Waals surface area (Å²) in [5.41, 5.74) is 1.18. The molecule has 1 N–H and O–H groups in total. The number of hydrogen-bond acceptors (Lipinski definition) is 2. The fraction of sp³-hybridized carbons (Fsp3) is 0.200. The molecule has 0 bridgehead atoms. The van der Waals surface area contributed by atoms with E-state index in [1.54, 1.807) is 6.07 Å². The van der Waals surface area contributed by atoms with Crippen LogP contribution in [0.25, 0.3) is 0 Å². The minimum atomic E-state index is -0.483. The topological polar surface area (TPSA) is 21.3 Å². The van der Waals surface area contributed by atoms with Gasteiger partial charge in [-0.05, 0) is 36.4 Å². The maximum Gasteiger partial charge on any atom is 0.145 e. The van der Waals surface area contributed by atoms with Gasteiger partial charge in [-0.1, -0.05) is 30.7 Å². The first-order valence-electron chi connectivity index (χ1n) is 6.11. The number of rotatable bonds is 5. The summed E-state index contributed by atoms with van der Waals surface area (Å²) in [6.07, 6.45) is 0. The molecular weight excluding hydrogens is 265 g/mol. The molecule has 0 aliphatic heterocycles. The van der Waals surface area contributed by atoms with Gasteiger partial charge in [-0.2, -0.15) is 0 Å². The Hall–Kier alpha value is -1.58. The lowest BCUT2D eigenvalue weighted by Crippen LogP contribution is -2.11. The average Bonchev–Trinajstić information content (AvgIpc) is 2.42. The maximum atomic E-state index is 13.3. The van der Waals surface area contributed by atoms with Gasteiger partial charge in [0.15, 0.2) is 0 Å². The summed E-state index contributed by atoms with van der Waals surface area (Å²) >= 11 is 5.62. The van der Waals surface area contributed by atoms with E-state index in [0.717, 1.165) is 13.1 Å². The lowest BCUT2D eigenvalue weighted by molar-refractivity contribution is 0.476. The Bertz CT molecular complexity index is 542. The van der Waals surface area contributed by atoms with Gasteiger partial charge >= 0.3 is 0 Å². The molecule has 0 aliphatic rings. The van der Waals surface area contributed by atoms with Crippen LogP contribution in [0.3, 0.4) is 0 Å². The Kier molecular flexibility index (Phi) is 4.77. The van der Waals surface area contributed by atoms with E-state index < -0.39 is 5.82 Å². The molecule has 2 rings (SSSR count). The van der Waals surface area contributed by atoms with E-state index in [-0.39, 0.29) is 5.02 Å². The quantitative estimate of drug-likeness (QED) is 0.877. The van der Waals surface area contributed by atoms with Crippen LogP contribution >= 0.6 is 11.6 Å². The van der Waals surface area contributed by atoms with E-state index in [2.05, 4.69) is 12.2 Å². The first kappa shape index (κ1) is 13.8. The number of nitrogens with one attached hydrogen (secondary N) is 1. The molecule has 0 atom stereocenters. The standard InChI is InChI=1S/C15H15ClFNO/c1-2-18-10-11-3-5-12(6-4-11)19-13-7-8-14(16)15(17)9-13/h3-9,18H,2,10H2,1H3. The minimum Gasteiger partial charge on any atom is -0.457 e. The molecule has 2 aromatic rings. The lowest BCUT2D eigenvalue weighted by atomic mass is 10.2. The van der Waals surface area contributed by atoms with Crippen molar-refractivity contribution in [2.75, 3.05) is 6.54 Å². The molecule has 19 heavy (non-hydrogen) atoms. The van der Waals surface area contributed by atoms with E-state index in [1.807, 2.05) is 24.3 Å². The second-order valence-electron chi connectivity index (χ2n) is 4.10. The number of ether oxygens (including phenoxy) is 1. The molecule has 4 heteroatoms. The van der Waals surface area contributed by atoms with E-state index in [4.69, 9.17) is 16.3 Å². The zero-order valence-corrected chi connectivity index (χ0v) is 11.4. The van der Waals surface area contributed by atoms with Crippen LogP contribution in [0.5, 0.6) is 11.5 Å². The molecule has 100 valence electrons. The molecule has 0 amide bonds. The smallest absolute Gasteiger partial charge is 0.145 e. The maximum absolute atomic E-state index is 13.3. The third-order valence-electron chi connectivity index (χ3n) is 2.63. The van der Waals surface area contributed by atoms with Crippen LogP contribution in [0.1, 0.15) is 12.5 Å². The summed E-state index contributed by atoms with van der Waals surface area (Å²) in [5, 5.41) is 3.33. The third kappa shape index (κ3) is 3.94. The van der Waals surface area contributed by atoms with Crippen LogP contribution in [0.4, 0.5) is 4.39 Å². The molecule has 0 heterocycles. The highest BCUT2D eigenvalue weighted by Crippen LogP contribution is 2.25. The Labute approximate surface area is 117 Å². The van der Waals surface area contributed by atoms with E-state index in [9.17, 15) is 4.39 Å².